The number of benzene rings is 2. The van der Waals surface area contributed by atoms with Gasteiger partial charge in [0, 0.05) is 0 Å². The Bertz CT molecular complexity index is 608. The van der Waals surface area contributed by atoms with Crippen LogP contribution in [0, 0.1) is 11.6 Å². The van der Waals surface area contributed by atoms with Crippen molar-refractivity contribution in [3.8, 4) is 0 Å². The molecule has 0 aromatic heterocycles. The van der Waals surface area contributed by atoms with E-state index < -0.39 is 11.6 Å². The highest BCUT2D eigenvalue weighted by Crippen LogP contribution is 2.34. The predicted octanol–water partition coefficient (Wildman–Crippen LogP) is 5.57. The first-order chi connectivity index (χ1) is 9.56. The molecule has 1 unspecified atom stereocenters. The van der Waals surface area contributed by atoms with Crippen molar-refractivity contribution >= 4 is 15.9 Å². The molecule has 2 rings (SSSR count). The minimum atomic E-state index is -0.813. The topological polar surface area (TPSA) is 0 Å². The van der Waals surface area contributed by atoms with E-state index in [0.717, 1.165) is 24.0 Å². The van der Waals surface area contributed by atoms with Gasteiger partial charge in [0.1, 0.15) is 0 Å². The summed E-state index contributed by atoms with van der Waals surface area (Å²) >= 11 is 3.62. The molecule has 0 bridgehead atoms. The van der Waals surface area contributed by atoms with Crippen LogP contribution >= 0.6 is 15.9 Å². The van der Waals surface area contributed by atoms with Gasteiger partial charge in [-0.1, -0.05) is 54.0 Å². The summed E-state index contributed by atoms with van der Waals surface area (Å²) in [6.07, 6.45) is 1.86. The number of halogens is 3. The Kier molecular flexibility index (Phi) is 4.92. The van der Waals surface area contributed by atoms with Gasteiger partial charge in [-0.3, -0.25) is 0 Å². The average Bonchev–Trinajstić information content (AvgIpc) is 2.48. The van der Waals surface area contributed by atoms with Crippen molar-refractivity contribution in [3.63, 3.8) is 0 Å². The third kappa shape index (κ3) is 3.09. The summed E-state index contributed by atoms with van der Waals surface area (Å²) in [7, 11) is 0. The second-order valence-electron chi connectivity index (χ2n) is 4.78. The van der Waals surface area contributed by atoms with Gasteiger partial charge in [-0.25, -0.2) is 8.78 Å². The smallest absolute Gasteiger partial charge is 0.159 e. The van der Waals surface area contributed by atoms with Crippen molar-refractivity contribution in [1.29, 1.82) is 0 Å². The summed E-state index contributed by atoms with van der Waals surface area (Å²) in [5, 5.41) is 0. The lowest BCUT2D eigenvalue weighted by Gasteiger charge is -2.16. The van der Waals surface area contributed by atoms with Crippen molar-refractivity contribution < 1.29 is 8.78 Å². The first kappa shape index (κ1) is 15.2. The molecule has 0 fully saturated rings. The van der Waals surface area contributed by atoms with E-state index in [2.05, 4.69) is 48.0 Å². The minimum Gasteiger partial charge on any atom is -0.204 e. The zero-order valence-corrected chi connectivity index (χ0v) is 13.2. The van der Waals surface area contributed by atoms with Crippen LogP contribution in [-0.4, -0.2) is 0 Å². The minimum absolute atomic E-state index is 0.126. The highest BCUT2D eigenvalue weighted by atomic mass is 79.9. The van der Waals surface area contributed by atoms with Crippen molar-refractivity contribution in [2.75, 3.05) is 0 Å². The number of aryl methyl sites for hydroxylation is 2. The molecule has 106 valence electrons. The fourth-order valence-electron chi connectivity index (χ4n) is 2.27. The van der Waals surface area contributed by atoms with E-state index in [1.165, 1.54) is 23.3 Å². The van der Waals surface area contributed by atoms with E-state index in [0.29, 0.717) is 0 Å². The van der Waals surface area contributed by atoms with Crippen LogP contribution in [0.4, 0.5) is 8.78 Å². The Labute approximate surface area is 127 Å². The molecule has 0 radical (unpaired) electrons. The molecule has 0 N–H and O–H groups in total. The number of alkyl halides is 1. The molecule has 20 heavy (non-hydrogen) atoms. The molecular weight excluding hydrogens is 322 g/mol. The van der Waals surface area contributed by atoms with Crippen molar-refractivity contribution in [3.05, 3.63) is 70.3 Å². The van der Waals surface area contributed by atoms with E-state index in [4.69, 9.17) is 0 Å². The van der Waals surface area contributed by atoms with Crippen LogP contribution in [-0.2, 0) is 12.8 Å². The molecule has 0 spiro atoms. The van der Waals surface area contributed by atoms with Gasteiger partial charge in [0.05, 0.1) is 4.83 Å². The summed E-state index contributed by atoms with van der Waals surface area (Å²) in [6, 6.07) is 10.4. The summed E-state index contributed by atoms with van der Waals surface area (Å²) in [4.78, 5) is -0.126. The normalized spacial score (nSPS) is 12.4. The van der Waals surface area contributed by atoms with E-state index >= 15 is 0 Å². The van der Waals surface area contributed by atoms with E-state index in [1.807, 2.05) is 0 Å². The quantitative estimate of drug-likeness (QED) is 0.639. The van der Waals surface area contributed by atoms with Crippen LogP contribution in [0.3, 0.4) is 0 Å². The molecule has 0 saturated heterocycles. The Balaban J connectivity index is 2.45. The fourth-order valence-corrected chi connectivity index (χ4v) is 2.98. The maximum Gasteiger partial charge on any atom is 0.159 e. The fraction of sp³-hybridized carbons (Fsp3) is 0.294. The molecule has 3 heteroatoms. The van der Waals surface area contributed by atoms with Crippen LogP contribution in [0.25, 0.3) is 0 Å². The van der Waals surface area contributed by atoms with Gasteiger partial charge in [0.25, 0.3) is 0 Å². The molecule has 1 atom stereocenters. The summed E-state index contributed by atoms with van der Waals surface area (Å²) in [5.74, 6) is -1.62. The second kappa shape index (κ2) is 6.49. The zero-order chi connectivity index (χ0) is 14.7. The third-order valence-corrected chi connectivity index (χ3v) is 4.53. The van der Waals surface area contributed by atoms with Gasteiger partial charge in [0.15, 0.2) is 11.6 Å². The van der Waals surface area contributed by atoms with Gasteiger partial charge in [0.2, 0.25) is 0 Å². The zero-order valence-electron chi connectivity index (χ0n) is 11.6. The standard InChI is InChI=1S/C17H17BrF2/c1-3-11-5-6-12(4-2)14(9-11)17(18)13-7-8-15(19)16(20)10-13/h5-10,17H,3-4H2,1-2H3. The molecular formula is C17H17BrF2. The summed E-state index contributed by atoms with van der Waals surface area (Å²) < 4.78 is 26.4. The van der Waals surface area contributed by atoms with Crippen LogP contribution in [0.2, 0.25) is 0 Å². The Morgan fingerprint density at radius 2 is 1.70 bits per heavy atom. The molecule has 0 aliphatic heterocycles. The maximum atomic E-state index is 13.4. The Hall–Kier alpha value is -1.22. The lowest BCUT2D eigenvalue weighted by molar-refractivity contribution is 0.507. The van der Waals surface area contributed by atoms with E-state index in [1.54, 1.807) is 6.07 Å². The Morgan fingerprint density at radius 3 is 2.30 bits per heavy atom. The molecule has 2 aromatic rings. The summed E-state index contributed by atoms with van der Waals surface area (Å²) in [6.45, 7) is 4.20. The molecule has 0 saturated carbocycles. The lowest BCUT2D eigenvalue weighted by atomic mass is 9.95. The molecule has 0 heterocycles. The van der Waals surface area contributed by atoms with Gasteiger partial charge in [-0.15, -0.1) is 0 Å². The largest absolute Gasteiger partial charge is 0.204 e. The van der Waals surface area contributed by atoms with Crippen molar-refractivity contribution in [1.82, 2.24) is 0 Å². The van der Waals surface area contributed by atoms with Gasteiger partial charge < -0.3 is 0 Å². The highest BCUT2D eigenvalue weighted by molar-refractivity contribution is 9.09. The van der Waals surface area contributed by atoms with Gasteiger partial charge >= 0.3 is 0 Å². The maximum absolute atomic E-state index is 13.4. The van der Waals surface area contributed by atoms with E-state index in [9.17, 15) is 8.78 Å². The van der Waals surface area contributed by atoms with Gasteiger partial charge in [-0.2, -0.15) is 0 Å². The van der Waals surface area contributed by atoms with Crippen LogP contribution < -0.4 is 0 Å². The predicted molar refractivity (Wildman–Crippen MR) is 82.3 cm³/mol. The van der Waals surface area contributed by atoms with Crippen molar-refractivity contribution in [2.24, 2.45) is 0 Å². The molecule has 0 nitrogen and oxygen atoms in total. The molecule has 0 amide bonds. The highest BCUT2D eigenvalue weighted by Gasteiger charge is 2.16. The number of hydrogen-bond acceptors (Lipinski definition) is 0. The monoisotopic (exact) mass is 338 g/mol. The first-order valence-corrected chi connectivity index (χ1v) is 7.69. The number of rotatable bonds is 4. The average molecular weight is 339 g/mol. The van der Waals surface area contributed by atoms with Crippen LogP contribution in [0.1, 0.15) is 40.9 Å². The number of hydrogen-bond donors (Lipinski definition) is 0. The lowest BCUT2D eigenvalue weighted by Crippen LogP contribution is -2.01. The Morgan fingerprint density at radius 1 is 0.950 bits per heavy atom. The second-order valence-corrected chi connectivity index (χ2v) is 5.69. The molecule has 0 aliphatic rings. The van der Waals surface area contributed by atoms with Crippen molar-refractivity contribution in [2.45, 2.75) is 31.5 Å². The van der Waals surface area contributed by atoms with Gasteiger partial charge in [-0.05, 0) is 47.2 Å². The summed E-state index contributed by atoms with van der Waals surface area (Å²) in [5.41, 5.74) is 4.31. The first-order valence-electron chi connectivity index (χ1n) is 6.77. The molecule has 0 aliphatic carbocycles. The SMILES string of the molecule is CCc1ccc(CC)c(C(Br)c2ccc(F)c(F)c2)c1. The van der Waals surface area contributed by atoms with Crippen LogP contribution in [0.15, 0.2) is 36.4 Å². The molecule has 2 aromatic carbocycles. The van der Waals surface area contributed by atoms with E-state index in [-0.39, 0.29) is 4.83 Å². The third-order valence-electron chi connectivity index (χ3n) is 3.51. The van der Waals surface area contributed by atoms with Crippen LogP contribution in [0.5, 0.6) is 0 Å².